The average Bonchev–Trinajstić information content (AvgIpc) is 3.84. The quantitative estimate of drug-likeness (QED) is 0.152. The van der Waals surface area contributed by atoms with Crippen molar-refractivity contribution in [3.8, 4) is 22.3 Å². The fourth-order valence-electron chi connectivity index (χ4n) is 14.7. The Balaban J connectivity index is 1.08. The Kier molecular flexibility index (Phi) is 6.12. The number of fused-ring (bicyclic) bond motifs is 20. The topological polar surface area (TPSA) is 9.72 Å². The van der Waals surface area contributed by atoms with E-state index in [1.165, 1.54) is 134 Å². The third-order valence-electron chi connectivity index (χ3n) is 16.8. The van der Waals surface area contributed by atoms with Crippen molar-refractivity contribution in [2.45, 2.75) is 17.8 Å². The molecule has 2 aliphatic carbocycles. The number of hydrogen-bond acceptors (Lipinski definition) is 3. The minimum Gasteiger partial charge on any atom is -0.311 e. The Hall–Kier alpha value is -8.34. The fourth-order valence-corrected chi connectivity index (χ4v) is 14.7. The van der Waals surface area contributed by atoms with Gasteiger partial charge in [-0.3, -0.25) is 0 Å². The Bertz CT molecular complexity index is 3620. The van der Waals surface area contributed by atoms with Crippen LogP contribution in [0.2, 0.25) is 0 Å². The molecule has 2 spiro atoms. The summed E-state index contributed by atoms with van der Waals surface area (Å²) in [7, 11) is 0. The molecule has 0 atom stereocenters. The van der Waals surface area contributed by atoms with E-state index >= 15 is 0 Å². The van der Waals surface area contributed by atoms with Crippen LogP contribution in [0.4, 0.5) is 51.2 Å². The zero-order valence-corrected chi connectivity index (χ0v) is 36.6. The maximum absolute atomic E-state index is 2.68. The van der Waals surface area contributed by atoms with Crippen LogP contribution in [-0.2, 0) is 10.8 Å². The maximum Gasteiger partial charge on any atom is 0.257 e. The lowest BCUT2D eigenvalue weighted by Crippen LogP contribution is -2.66. The molecule has 4 heteroatoms. The minimum absolute atomic E-state index is 0.0311. The lowest BCUT2D eigenvalue weighted by Gasteiger charge is -2.55. The van der Waals surface area contributed by atoms with Crippen molar-refractivity contribution < 1.29 is 0 Å². The summed E-state index contributed by atoms with van der Waals surface area (Å²) in [6.45, 7) is 2.27. The van der Waals surface area contributed by atoms with Crippen LogP contribution < -0.4 is 31.1 Å². The van der Waals surface area contributed by atoms with Crippen LogP contribution in [0.25, 0.3) is 22.3 Å². The number of rotatable bonds is 1. The molecule has 0 N–H and O–H groups in total. The molecule has 5 heterocycles. The molecule has 3 nitrogen and oxygen atoms in total. The van der Waals surface area contributed by atoms with Crippen molar-refractivity contribution in [3.05, 3.63) is 262 Å². The second kappa shape index (κ2) is 11.7. The molecule has 0 aromatic heterocycles. The van der Waals surface area contributed by atoms with Gasteiger partial charge in [-0.2, -0.15) is 0 Å². The number of anilines is 9. The standard InChI is InChI=1S/C63H38BN3/c1-37-35-55-57-56(36-37)67-52-30-16-14-28-48(52)63(45-25-11-7-21-41(45)42-22-8-12-26-46(42)63)50-32-34-54-59(61(50)67)64(57)58-53(65(54)38-17-3-2-4-18-38)33-31-49-60(58)66(55)51-29-15-13-27-47(51)62(49)43-23-9-5-19-39(43)40-20-6-10-24-44(40)62/h2-36H,1H3. The molecule has 5 aliphatic heterocycles. The van der Waals surface area contributed by atoms with E-state index in [9.17, 15) is 0 Å². The van der Waals surface area contributed by atoms with Gasteiger partial charge in [0.05, 0.1) is 22.2 Å². The van der Waals surface area contributed by atoms with Crippen molar-refractivity contribution in [2.24, 2.45) is 0 Å². The zero-order chi connectivity index (χ0) is 43.5. The van der Waals surface area contributed by atoms with Crippen LogP contribution in [0.3, 0.4) is 0 Å². The molecule has 17 rings (SSSR count). The molecule has 10 aromatic rings. The molecule has 0 radical (unpaired) electrons. The lowest BCUT2D eigenvalue weighted by atomic mass is 9.31. The molecule has 7 aliphatic rings. The molecular formula is C63H38BN3. The van der Waals surface area contributed by atoms with E-state index in [4.69, 9.17) is 0 Å². The monoisotopic (exact) mass is 847 g/mol. The summed E-state index contributed by atoms with van der Waals surface area (Å²) in [6.07, 6.45) is 0. The van der Waals surface area contributed by atoms with Gasteiger partial charge in [0.15, 0.2) is 0 Å². The number of aryl methyl sites for hydroxylation is 1. The SMILES string of the molecule is Cc1cc2c3c(c1)N1c4ccccc4C4(c5ccccc5-c5ccccc54)c4ccc5c(c41)B3c1c(ccc3c1N2c1ccccc1C31c2ccccc2-c2ccccc21)N5c1ccccc1. The highest BCUT2D eigenvalue weighted by Gasteiger charge is 2.60. The van der Waals surface area contributed by atoms with Gasteiger partial charge in [0.25, 0.3) is 6.71 Å². The summed E-state index contributed by atoms with van der Waals surface area (Å²) in [6, 6.07) is 81.5. The third kappa shape index (κ3) is 3.70. The predicted octanol–water partition coefficient (Wildman–Crippen LogP) is 13.2. The predicted molar refractivity (Wildman–Crippen MR) is 275 cm³/mol. The lowest BCUT2D eigenvalue weighted by molar-refractivity contribution is 0.751. The normalized spacial score (nSPS) is 16.0. The van der Waals surface area contributed by atoms with E-state index in [1.54, 1.807) is 0 Å². The first-order valence-electron chi connectivity index (χ1n) is 23.7. The maximum atomic E-state index is 2.68. The van der Waals surface area contributed by atoms with Gasteiger partial charge < -0.3 is 14.7 Å². The van der Waals surface area contributed by atoms with Crippen LogP contribution in [0, 0.1) is 6.92 Å². The second-order valence-corrected chi connectivity index (χ2v) is 19.5. The van der Waals surface area contributed by atoms with Crippen LogP contribution in [0.5, 0.6) is 0 Å². The Morgan fingerprint density at radius 3 is 1.10 bits per heavy atom. The fraction of sp³-hybridized carbons (Fsp3) is 0.0476. The zero-order valence-electron chi connectivity index (χ0n) is 36.6. The van der Waals surface area contributed by atoms with E-state index in [0.717, 1.165) is 5.69 Å². The van der Waals surface area contributed by atoms with Crippen molar-refractivity contribution >= 4 is 74.3 Å². The number of para-hydroxylation sites is 3. The van der Waals surface area contributed by atoms with Gasteiger partial charge in [-0.15, -0.1) is 0 Å². The average molecular weight is 848 g/mol. The molecule has 67 heavy (non-hydrogen) atoms. The largest absolute Gasteiger partial charge is 0.311 e. The molecule has 0 saturated carbocycles. The Morgan fingerprint density at radius 1 is 0.299 bits per heavy atom. The second-order valence-electron chi connectivity index (χ2n) is 19.5. The first-order valence-corrected chi connectivity index (χ1v) is 23.7. The summed E-state index contributed by atoms with van der Waals surface area (Å²) < 4.78 is 0. The van der Waals surface area contributed by atoms with Crippen LogP contribution >= 0.6 is 0 Å². The van der Waals surface area contributed by atoms with E-state index in [0.29, 0.717) is 0 Å². The number of nitrogens with zero attached hydrogens (tertiary/aromatic N) is 3. The van der Waals surface area contributed by atoms with Gasteiger partial charge in [-0.1, -0.05) is 164 Å². The van der Waals surface area contributed by atoms with Crippen LogP contribution in [0.1, 0.15) is 50.1 Å². The van der Waals surface area contributed by atoms with Gasteiger partial charge in [0.1, 0.15) is 0 Å². The van der Waals surface area contributed by atoms with Gasteiger partial charge >= 0.3 is 0 Å². The van der Waals surface area contributed by atoms with E-state index < -0.39 is 10.8 Å². The Morgan fingerprint density at radius 2 is 0.672 bits per heavy atom. The molecular weight excluding hydrogens is 810 g/mol. The van der Waals surface area contributed by atoms with E-state index in [-0.39, 0.29) is 6.71 Å². The minimum atomic E-state index is -0.524. The van der Waals surface area contributed by atoms with Crippen molar-refractivity contribution in [1.82, 2.24) is 0 Å². The molecule has 0 bridgehead atoms. The van der Waals surface area contributed by atoms with Gasteiger partial charge in [-0.05, 0) is 144 Å². The first kappa shape index (κ1) is 35.0. The highest BCUT2D eigenvalue weighted by Crippen LogP contribution is 2.68. The van der Waals surface area contributed by atoms with Crippen LogP contribution in [-0.4, -0.2) is 6.71 Å². The molecule has 10 aromatic carbocycles. The van der Waals surface area contributed by atoms with Crippen molar-refractivity contribution in [2.75, 3.05) is 14.7 Å². The molecule has 0 unspecified atom stereocenters. The molecule has 0 saturated heterocycles. The summed E-state index contributed by atoms with van der Waals surface area (Å²) in [4.78, 5) is 7.96. The summed E-state index contributed by atoms with van der Waals surface area (Å²) in [5.41, 5.74) is 31.7. The summed E-state index contributed by atoms with van der Waals surface area (Å²) >= 11 is 0. The third-order valence-corrected chi connectivity index (χ3v) is 16.8. The molecule has 0 amide bonds. The number of benzene rings is 10. The van der Waals surface area contributed by atoms with Gasteiger partial charge in [-0.25, -0.2) is 0 Å². The van der Waals surface area contributed by atoms with Crippen LogP contribution in [0.15, 0.2) is 212 Å². The van der Waals surface area contributed by atoms with Gasteiger partial charge in [0, 0.05) is 39.8 Å². The number of hydrogen-bond donors (Lipinski definition) is 0. The molecule has 308 valence electrons. The summed E-state index contributed by atoms with van der Waals surface area (Å²) in [5, 5.41) is 0. The van der Waals surface area contributed by atoms with Gasteiger partial charge in [0.2, 0.25) is 0 Å². The highest BCUT2D eigenvalue weighted by atomic mass is 15.2. The highest BCUT2D eigenvalue weighted by molar-refractivity contribution is 7.02. The Labute approximate surface area is 389 Å². The van der Waals surface area contributed by atoms with Crippen molar-refractivity contribution in [1.29, 1.82) is 0 Å². The first-order chi connectivity index (χ1) is 33.2. The van der Waals surface area contributed by atoms with E-state index in [1.807, 2.05) is 0 Å². The molecule has 0 fully saturated rings. The summed E-state index contributed by atoms with van der Waals surface area (Å²) in [5.74, 6) is 0. The van der Waals surface area contributed by atoms with Crippen molar-refractivity contribution in [3.63, 3.8) is 0 Å². The van der Waals surface area contributed by atoms with E-state index in [2.05, 4.69) is 234 Å². The smallest absolute Gasteiger partial charge is 0.257 e.